The molecule has 0 bridgehead atoms. The summed E-state index contributed by atoms with van der Waals surface area (Å²) in [5.74, 6) is 1.89. The molecule has 2 rings (SSSR count). The monoisotopic (exact) mass is 288 g/mol. The van der Waals surface area contributed by atoms with Crippen LogP contribution in [0.25, 0.3) is 11.0 Å². The first-order chi connectivity index (χ1) is 9.95. The summed E-state index contributed by atoms with van der Waals surface area (Å²) in [6, 6.07) is 1.64. The van der Waals surface area contributed by atoms with Crippen molar-refractivity contribution < 1.29 is 19.0 Å². The summed E-state index contributed by atoms with van der Waals surface area (Å²) >= 11 is 0. The van der Waals surface area contributed by atoms with Crippen LogP contribution in [0, 0.1) is 29.4 Å². The van der Waals surface area contributed by atoms with E-state index < -0.39 is 17.0 Å². The summed E-state index contributed by atoms with van der Waals surface area (Å²) in [5, 5.41) is 15.3. The highest BCUT2D eigenvalue weighted by Gasteiger charge is 2.27. The third kappa shape index (κ3) is 2.69. The number of nitro groups is 1. The molecule has 2 aromatic rings. The van der Waals surface area contributed by atoms with E-state index in [0.717, 1.165) is 0 Å². The van der Waals surface area contributed by atoms with Crippen molar-refractivity contribution in [3.8, 4) is 12.3 Å². The Kier molecular flexibility index (Phi) is 3.89. The largest absolute Gasteiger partial charge is 0.457 e. The molecule has 0 amide bonds. The molecule has 108 valence electrons. The molecular weight excluding hydrogens is 276 g/mol. The number of benzene rings is 1. The Balaban J connectivity index is 2.67. The van der Waals surface area contributed by atoms with Crippen LogP contribution in [0.2, 0.25) is 0 Å². The average molecular weight is 288 g/mol. The Morgan fingerprint density at radius 3 is 2.95 bits per heavy atom. The SMILES string of the molecule is C#CCC(OC(C)=O)c1cc2cnoc2c([N+](=O)[O-])c1C. The third-order valence-corrected chi connectivity index (χ3v) is 3.05. The van der Waals surface area contributed by atoms with Crippen molar-refractivity contribution >= 4 is 22.6 Å². The van der Waals surface area contributed by atoms with Crippen LogP contribution in [0.15, 0.2) is 16.8 Å². The van der Waals surface area contributed by atoms with Crippen molar-refractivity contribution in [1.29, 1.82) is 0 Å². The molecule has 0 aliphatic carbocycles. The fraction of sp³-hybridized carbons (Fsp3) is 0.286. The van der Waals surface area contributed by atoms with Crippen molar-refractivity contribution in [3.63, 3.8) is 0 Å². The van der Waals surface area contributed by atoms with E-state index in [-0.39, 0.29) is 17.7 Å². The number of nitrogens with zero attached hydrogens (tertiary/aromatic N) is 2. The van der Waals surface area contributed by atoms with Crippen LogP contribution in [-0.2, 0) is 9.53 Å². The number of nitro benzene ring substituents is 1. The molecule has 7 nitrogen and oxygen atoms in total. The van der Waals surface area contributed by atoms with Gasteiger partial charge >= 0.3 is 11.7 Å². The summed E-state index contributed by atoms with van der Waals surface area (Å²) in [6.45, 7) is 2.81. The predicted octanol–water partition coefficient (Wildman–Crippen LogP) is 2.67. The Labute approximate surface area is 120 Å². The first-order valence-electron chi connectivity index (χ1n) is 6.08. The number of fused-ring (bicyclic) bond motifs is 1. The van der Waals surface area contributed by atoms with Crippen LogP contribution in [0.3, 0.4) is 0 Å². The maximum Gasteiger partial charge on any atom is 0.318 e. The van der Waals surface area contributed by atoms with Gasteiger partial charge in [-0.15, -0.1) is 12.3 Å². The highest BCUT2D eigenvalue weighted by molar-refractivity contribution is 5.87. The van der Waals surface area contributed by atoms with Crippen LogP contribution in [-0.4, -0.2) is 16.0 Å². The highest BCUT2D eigenvalue weighted by Crippen LogP contribution is 2.36. The van der Waals surface area contributed by atoms with Crippen LogP contribution < -0.4 is 0 Å². The molecule has 1 aromatic heterocycles. The van der Waals surface area contributed by atoms with Gasteiger partial charge in [0.1, 0.15) is 6.10 Å². The lowest BCUT2D eigenvalue weighted by molar-refractivity contribution is -0.384. The Morgan fingerprint density at radius 1 is 1.67 bits per heavy atom. The third-order valence-electron chi connectivity index (χ3n) is 3.05. The lowest BCUT2D eigenvalue weighted by Crippen LogP contribution is -2.10. The fourth-order valence-corrected chi connectivity index (χ4v) is 2.19. The Hall–Kier alpha value is -2.88. The van der Waals surface area contributed by atoms with Crippen LogP contribution in [0.1, 0.15) is 30.6 Å². The second kappa shape index (κ2) is 5.63. The standard InChI is InChI=1S/C14H12N2O5/c1-4-5-12(20-9(3)17)11-6-10-7-15-21-14(10)13(8(11)2)16(18)19/h1,6-7,12H,5H2,2-3H3. The minimum atomic E-state index is -0.745. The van der Waals surface area contributed by atoms with E-state index >= 15 is 0 Å². The number of ether oxygens (including phenoxy) is 1. The molecule has 21 heavy (non-hydrogen) atoms. The van der Waals surface area contributed by atoms with E-state index in [4.69, 9.17) is 15.7 Å². The van der Waals surface area contributed by atoms with Gasteiger partial charge in [0.05, 0.1) is 17.5 Å². The second-order valence-corrected chi connectivity index (χ2v) is 4.45. The predicted molar refractivity (Wildman–Crippen MR) is 73.4 cm³/mol. The number of esters is 1. The van der Waals surface area contributed by atoms with Gasteiger partial charge in [0, 0.05) is 23.4 Å². The quantitative estimate of drug-likeness (QED) is 0.371. The van der Waals surface area contributed by atoms with Gasteiger partial charge in [-0.25, -0.2) is 0 Å². The van der Waals surface area contributed by atoms with Crippen LogP contribution in [0.4, 0.5) is 5.69 Å². The van der Waals surface area contributed by atoms with Gasteiger partial charge in [0.2, 0.25) is 5.58 Å². The maximum absolute atomic E-state index is 11.3. The van der Waals surface area contributed by atoms with E-state index in [1.54, 1.807) is 13.0 Å². The summed E-state index contributed by atoms with van der Waals surface area (Å²) in [5.41, 5.74) is 0.703. The molecule has 0 N–H and O–H groups in total. The number of rotatable bonds is 4. The number of terminal acetylenes is 1. The first kappa shape index (κ1) is 14.5. The molecule has 0 fully saturated rings. The van der Waals surface area contributed by atoms with Gasteiger partial charge in [0.15, 0.2) is 0 Å². The number of hydrogen-bond donors (Lipinski definition) is 0. The fourth-order valence-electron chi connectivity index (χ4n) is 2.19. The van der Waals surface area contributed by atoms with E-state index in [2.05, 4.69) is 11.1 Å². The smallest absolute Gasteiger partial charge is 0.318 e. The summed E-state index contributed by atoms with van der Waals surface area (Å²) < 4.78 is 10.1. The highest BCUT2D eigenvalue weighted by atomic mass is 16.6. The van der Waals surface area contributed by atoms with Crippen LogP contribution >= 0.6 is 0 Å². The van der Waals surface area contributed by atoms with Crippen molar-refractivity contribution in [2.75, 3.05) is 0 Å². The molecular formula is C14H12N2O5. The van der Waals surface area contributed by atoms with Gasteiger partial charge in [-0.05, 0) is 13.0 Å². The van der Waals surface area contributed by atoms with Crippen molar-refractivity contribution in [2.24, 2.45) is 0 Å². The Bertz CT molecular complexity index is 757. The molecule has 1 unspecified atom stereocenters. The molecule has 7 heteroatoms. The van der Waals surface area contributed by atoms with Crippen molar-refractivity contribution in [1.82, 2.24) is 5.16 Å². The minimum absolute atomic E-state index is 0.0866. The molecule has 0 saturated carbocycles. The maximum atomic E-state index is 11.3. The zero-order valence-electron chi connectivity index (χ0n) is 11.5. The number of carbonyl (C=O) groups excluding carboxylic acids is 1. The zero-order valence-corrected chi connectivity index (χ0v) is 11.5. The van der Waals surface area contributed by atoms with Gasteiger partial charge in [-0.2, -0.15) is 0 Å². The molecule has 0 aliphatic rings. The zero-order chi connectivity index (χ0) is 15.6. The molecule has 0 aliphatic heterocycles. The lowest BCUT2D eigenvalue weighted by atomic mass is 9.97. The summed E-state index contributed by atoms with van der Waals surface area (Å²) in [6.07, 6.45) is 6.02. The average Bonchev–Trinajstić information content (AvgIpc) is 2.84. The molecule has 1 atom stereocenters. The van der Waals surface area contributed by atoms with Gasteiger partial charge < -0.3 is 9.26 Å². The second-order valence-electron chi connectivity index (χ2n) is 4.45. The summed E-state index contributed by atoms with van der Waals surface area (Å²) in [4.78, 5) is 21.9. The summed E-state index contributed by atoms with van der Waals surface area (Å²) in [7, 11) is 0. The molecule has 1 heterocycles. The molecule has 1 aromatic carbocycles. The minimum Gasteiger partial charge on any atom is -0.457 e. The van der Waals surface area contributed by atoms with Gasteiger partial charge in [0.25, 0.3) is 0 Å². The van der Waals surface area contributed by atoms with E-state index in [1.807, 2.05) is 0 Å². The number of carbonyl (C=O) groups is 1. The lowest BCUT2D eigenvalue weighted by Gasteiger charge is -2.17. The molecule has 0 spiro atoms. The van der Waals surface area contributed by atoms with Gasteiger partial charge in [-0.1, -0.05) is 5.16 Å². The molecule has 0 saturated heterocycles. The van der Waals surface area contributed by atoms with E-state index in [0.29, 0.717) is 16.5 Å². The Morgan fingerprint density at radius 2 is 2.38 bits per heavy atom. The van der Waals surface area contributed by atoms with Gasteiger partial charge in [-0.3, -0.25) is 14.9 Å². The first-order valence-corrected chi connectivity index (χ1v) is 6.08. The number of aromatic nitrogens is 1. The van der Waals surface area contributed by atoms with Crippen molar-refractivity contribution in [2.45, 2.75) is 26.4 Å². The van der Waals surface area contributed by atoms with Crippen LogP contribution in [0.5, 0.6) is 0 Å². The van der Waals surface area contributed by atoms with E-state index in [9.17, 15) is 14.9 Å². The topological polar surface area (TPSA) is 95.5 Å². The normalized spacial score (nSPS) is 11.9. The van der Waals surface area contributed by atoms with Crippen molar-refractivity contribution in [3.05, 3.63) is 33.5 Å². The number of hydrogen-bond acceptors (Lipinski definition) is 6. The van der Waals surface area contributed by atoms with E-state index in [1.165, 1.54) is 13.1 Å². The molecule has 0 radical (unpaired) electrons.